The lowest BCUT2D eigenvalue weighted by molar-refractivity contribution is -0.137. The summed E-state index contributed by atoms with van der Waals surface area (Å²) in [5.41, 5.74) is 12.3. The number of hydrogen-bond donors (Lipinski definition) is 2. The molecule has 0 radical (unpaired) electrons. The Morgan fingerprint density at radius 3 is 2.46 bits per heavy atom. The lowest BCUT2D eigenvalue weighted by atomic mass is 10.00. The van der Waals surface area contributed by atoms with Crippen molar-refractivity contribution in [1.29, 1.82) is 0 Å². The first-order chi connectivity index (χ1) is 13.2. The molecule has 5 nitrogen and oxygen atoms in total. The van der Waals surface area contributed by atoms with Crippen LogP contribution >= 0.6 is 11.6 Å². The van der Waals surface area contributed by atoms with Crippen LogP contribution in [-0.2, 0) is 19.0 Å². The van der Waals surface area contributed by atoms with Crippen molar-refractivity contribution in [3.05, 3.63) is 63.8 Å². The van der Waals surface area contributed by atoms with Crippen molar-refractivity contribution in [3.63, 3.8) is 0 Å². The third-order valence-electron chi connectivity index (χ3n) is 4.41. The minimum atomic E-state index is -4.42. The van der Waals surface area contributed by atoms with Gasteiger partial charge in [-0.25, -0.2) is 0 Å². The first kappa shape index (κ1) is 19.9. The third kappa shape index (κ3) is 4.01. The van der Waals surface area contributed by atoms with Crippen molar-refractivity contribution in [2.75, 3.05) is 5.73 Å². The molecule has 4 N–H and O–H groups in total. The lowest BCUT2D eigenvalue weighted by Crippen LogP contribution is -2.17. The number of halogens is 4. The van der Waals surface area contributed by atoms with E-state index in [-0.39, 0.29) is 11.4 Å². The molecule has 0 unspecified atom stereocenters. The second kappa shape index (κ2) is 7.63. The summed E-state index contributed by atoms with van der Waals surface area (Å²) in [6.45, 7) is 0. The highest BCUT2D eigenvalue weighted by Gasteiger charge is 2.30. The van der Waals surface area contributed by atoms with Crippen LogP contribution in [0.25, 0.3) is 10.9 Å². The van der Waals surface area contributed by atoms with Crippen molar-refractivity contribution in [1.82, 2.24) is 10.2 Å². The number of amides is 1. The van der Waals surface area contributed by atoms with Gasteiger partial charge in [0.2, 0.25) is 0 Å². The van der Waals surface area contributed by atoms with E-state index in [9.17, 15) is 18.0 Å². The topological polar surface area (TPSA) is 94.9 Å². The van der Waals surface area contributed by atoms with E-state index in [0.717, 1.165) is 17.7 Å². The van der Waals surface area contributed by atoms with Gasteiger partial charge in [-0.1, -0.05) is 29.8 Å². The van der Waals surface area contributed by atoms with E-state index in [1.54, 1.807) is 12.1 Å². The number of hydrogen-bond acceptors (Lipinski definition) is 4. The number of benzene rings is 2. The van der Waals surface area contributed by atoms with Crippen LogP contribution in [0.15, 0.2) is 36.4 Å². The highest BCUT2D eigenvalue weighted by atomic mass is 35.5. The number of alkyl halides is 3. The minimum absolute atomic E-state index is 0.0969. The van der Waals surface area contributed by atoms with Crippen molar-refractivity contribution in [2.45, 2.75) is 25.4 Å². The van der Waals surface area contributed by atoms with E-state index in [1.807, 2.05) is 6.07 Å². The van der Waals surface area contributed by atoms with Crippen molar-refractivity contribution < 1.29 is 18.0 Å². The molecule has 1 aromatic heterocycles. The predicted octanol–water partition coefficient (Wildman–Crippen LogP) is 4.16. The van der Waals surface area contributed by atoms with Gasteiger partial charge in [0, 0.05) is 10.4 Å². The number of nitrogens with two attached hydrogens (primary N) is 2. The Labute approximate surface area is 163 Å². The molecule has 3 rings (SSSR count). The van der Waals surface area contributed by atoms with Gasteiger partial charge in [-0.05, 0) is 48.6 Å². The highest BCUT2D eigenvalue weighted by molar-refractivity contribution is 6.31. The quantitative estimate of drug-likeness (QED) is 0.662. The first-order valence-electron chi connectivity index (χ1n) is 8.37. The molecule has 0 saturated heterocycles. The fourth-order valence-electron chi connectivity index (χ4n) is 3.00. The van der Waals surface area contributed by atoms with Crippen LogP contribution in [0, 0.1) is 0 Å². The fraction of sp³-hybridized carbons (Fsp3) is 0.211. The molecule has 0 spiro atoms. The van der Waals surface area contributed by atoms with Gasteiger partial charge in [0.25, 0.3) is 5.91 Å². The molecule has 2 aromatic carbocycles. The van der Waals surface area contributed by atoms with E-state index in [1.165, 1.54) is 6.07 Å². The molecule has 0 saturated carbocycles. The Balaban J connectivity index is 1.82. The van der Waals surface area contributed by atoms with E-state index in [0.29, 0.717) is 40.8 Å². The molecule has 0 aliphatic heterocycles. The van der Waals surface area contributed by atoms with Gasteiger partial charge in [-0.15, -0.1) is 10.2 Å². The monoisotopic (exact) mass is 408 g/mol. The van der Waals surface area contributed by atoms with E-state index in [4.69, 9.17) is 23.1 Å². The van der Waals surface area contributed by atoms with E-state index >= 15 is 0 Å². The van der Waals surface area contributed by atoms with Gasteiger partial charge in [-0.2, -0.15) is 13.2 Å². The average molecular weight is 409 g/mol. The number of anilines is 1. The van der Waals surface area contributed by atoms with Gasteiger partial charge < -0.3 is 11.5 Å². The molecule has 0 aliphatic rings. The Morgan fingerprint density at radius 2 is 1.79 bits per heavy atom. The molecule has 3 aromatic rings. The van der Waals surface area contributed by atoms with Crippen molar-refractivity contribution in [3.8, 4) is 0 Å². The molecule has 1 amide bonds. The summed E-state index contributed by atoms with van der Waals surface area (Å²) in [5, 5.41) is 8.68. The molecule has 0 aliphatic carbocycles. The van der Waals surface area contributed by atoms with Crippen molar-refractivity contribution >= 4 is 34.1 Å². The number of aryl methyl sites for hydroxylation is 2. The molecular weight excluding hydrogens is 393 g/mol. The molecule has 9 heteroatoms. The summed E-state index contributed by atoms with van der Waals surface area (Å²) in [6, 6.07) is 8.59. The minimum Gasteiger partial charge on any atom is -0.396 e. The molecule has 146 valence electrons. The van der Waals surface area contributed by atoms with Crippen LogP contribution in [0.3, 0.4) is 0 Å². The number of nitrogens with zero attached hydrogens (tertiary/aromatic N) is 2. The number of nitrogen functional groups attached to an aromatic ring is 1. The van der Waals surface area contributed by atoms with Gasteiger partial charge >= 0.3 is 6.18 Å². The number of aromatic nitrogens is 2. The third-order valence-corrected chi connectivity index (χ3v) is 4.78. The standard InChI is InChI=1S/C19H16ClF3N4O/c20-14-8-7-12(19(21,22)23)9-11(14)5-1-3-10-4-2-6-13-15(24)17(18(25)28)27-26-16(10)13/h2,4,6-9H,1,3,5H2,(H2,24,26)(H2,25,28). The van der Waals surface area contributed by atoms with E-state index in [2.05, 4.69) is 10.2 Å². The van der Waals surface area contributed by atoms with Gasteiger partial charge in [0.05, 0.1) is 16.8 Å². The molecule has 0 atom stereocenters. The zero-order valence-electron chi connectivity index (χ0n) is 14.6. The van der Waals surface area contributed by atoms with Crippen LogP contribution in [0.1, 0.15) is 33.6 Å². The summed E-state index contributed by atoms with van der Waals surface area (Å²) in [7, 11) is 0. The zero-order chi connectivity index (χ0) is 20.5. The molecular formula is C19H16ClF3N4O. The normalized spacial score (nSPS) is 11.7. The van der Waals surface area contributed by atoms with Gasteiger partial charge in [0.1, 0.15) is 0 Å². The van der Waals surface area contributed by atoms with Crippen LogP contribution in [-0.4, -0.2) is 16.1 Å². The predicted molar refractivity (Wildman–Crippen MR) is 101 cm³/mol. The Kier molecular flexibility index (Phi) is 5.42. The fourth-order valence-corrected chi connectivity index (χ4v) is 3.22. The molecule has 0 bridgehead atoms. The Morgan fingerprint density at radius 1 is 1.07 bits per heavy atom. The molecule has 0 fully saturated rings. The lowest BCUT2D eigenvalue weighted by Gasteiger charge is -2.11. The van der Waals surface area contributed by atoms with Crippen LogP contribution in [0.4, 0.5) is 18.9 Å². The summed E-state index contributed by atoms with van der Waals surface area (Å²) in [5.74, 6) is -0.767. The number of primary amides is 1. The second-order valence-electron chi connectivity index (χ2n) is 6.30. The first-order valence-corrected chi connectivity index (χ1v) is 8.75. The summed E-state index contributed by atoms with van der Waals surface area (Å²) >= 11 is 6.04. The number of rotatable bonds is 5. The van der Waals surface area contributed by atoms with Crippen LogP contribution < -0.4 is 11.5 Å². The summed E-state index contributed by atoms with van der Waals surface area (Å²) in [6.07, 6.45) is -2.99. The Bertz CT molecular complexity index is 1050. The second-order valence-corrected chi connectivity index (χ2v) is 6.70. The smallest absolute Gasteiger partial charge is 0.396 e. The molecule has 28 heavy (non-hydrogen) atoms. The largest absolute Gasteiger partial charge is 0.416 e. The number of carbonyl (C=O) groups is 1. The SMILES string of the molecule is NC(=O)c1nnc2c(CCCc3cc(C(F)(F)F)ccc3Cl)cccc2c1N. The Hall–Kier alpha value is -2.87. The van der Waals surface area contributed by atoms with Gasteiger partial charge in [0.15, 0.2) is 5.69 Å². The number of fused-ring (bicyclic) bond motifs is 1. The van der Waals surface area contributed by atoms with Crippen LogP contribution in [0.5, 0.6) is 0 Å². The summed E-state index contributed by atoms with van der Waals surface area (Å²) < 4.78 is 38.7. The molecule has 1 heterocycles. The average Bonchev–Trinajstić information content (AvgIpc) is 2.62. The maximum absolute atomic E-state index is 12.9. The number of carbonyl (C=O) groups excluding carboxylic acids is 1. The van der Waals surface area contributed by atoms with Crippen molar-refractivity contribution in [2.24, 2.45) is 5.73 Å². The van der Waals surface area contributed by atoms with E-state index < -0.39 is 17.6 Å². The zero-order valence-corrected chi connectivity index (χ0v) is 15.3. The van der Waals surface area contributed by atoms with Crippen LogP contribution in [0.2, 0.25) is 5.02 Å². The van der Waals surface area contributed by atoms with Gasteiger partial charge in [-0.3, -0.25) is 4.79 Å². The highest BCUT2D eigenvalue weighted by Crippen LogP contribution is 2.32. The maximum Gasteiger partial charge on any atom is 0.416 e. The maximum atomic E-state index is 12.9. The summed E-state index contributed by atoms with van der Waals surface area (Å²) in [4.78, 5) is 11.4.